The first-order valence-corrected chi connectivity index (χ1v) is 8.78. The molecular weight excluding hydrogens is 330 g/mol. The molecule has 6 heteroatoms. The zero-order chi connectivity index (χ0) is 18.4. The SMILES string of the molecule is CC(=O)N(CCNC(=O)NC1CC1)c1ccccc1Oc1ccccc1. The van der Waals surface area contributed by atoms with E-state index in [-0.39, 0.29) is 11.9 Å². The van der Waals surface area contributed by atoms with Crippen LogP contribution in [0.1, 0.15) is 19.8 Å². The predicted molar refractivity (Wildman–Crippen MR) is 101 cm³/mol. The first kappa shape index (κ1) is 17.8. The van der Waals surface area contributed by atoms with Crippen molar-refractivity contribution >= 4 is 17.6 Å². The predicted octanol–water partition coefficient (Wildman–Crippen LogP) is 3.29. The Balaban J connectivity index is 1.67. The van der Waals surface area contributed by atoms with E-state index < -0.39 is 0 Å². The molecule has 1 fully saturated rings. The average molecular weight is 353 g/mol. The van der Waals surface area contributed by atoms with Crippen LogP contribution in [-0.2, 0) is 4.79 Å². The second kappa shape index (κ2) is 8.38. The Morgan fingerprint density at radius 3 is 2.46 bits per heavy atom. The number of nitrogens with zero attached hydrogens (tertiary/aromatic N) is 1. The first-order valence-electron chi connectivity index (χ1n) is 8.78. The summed E-state index contributed by atoms with van der Waals surface area (Å²) in [6.07, 6.45) is 2.08. The van der Waals surface area contributed by atoms with Crippen molar-refractivity contribution < 1.29 is 14.3 Å². The van der Waals surface area contributed by atoms with Gasteiger partial charge in [-0.05, 0) is 37.1 Å². The summed E-state index contributed by atoms with van der Waals surface area (Å²) in [5.74, 6) is 1.18. The number of benzene rings is 2. The zero-order valence-electron chi connectivity index (χ0n) is 14.8. The molecule has 3 rings (SSSR count). The van der Waals surface area contributed by atoms with E-state index in [9.17, 15) is 9.59 Å². The quantitative estimate of drug-likeness (QED) is 0.802. The van der Waals surface area contributed by atoms with Crippen LogP contribution in [0.5, 0.6) is 11.5 Å². The molecule has 0 bridgehead atoms. The third-order valence-corrected chi connectivity index (χ3v) is 4.04. The molecule has 2 N–H and O–H groups in total. The lowest BCUT2D eigenvalue weighted by Gasteiger charge is -2.24. The van der Waals surface area contributed by atoms with Crippen molar-refractivity contribution in [3.05, 3.63) is 54.6 Å². The molecule has 0 spiro atoms. The molecule has 6 nitrogen and oxygen atoms in total. The number of ether oxygens (including phenoxy) is 1. The number of carbonyl (C=O) groups excluding carboxylic acids is 2. The van der Waals surface area contributed by atoms with Crippen LogP contribution in [0.2, 0.25) is 0 Å². The zero-order valence-corrected chi connectivity index (χ0v) is 14.8. The number of urea groups is 1. The Labute approximate surface area is 153 Å². The summed E-state index contributed by atoms with van der Waals surface area (Å²) >= 11 is 0. The number of hydrogen-bond acceptors (Lipinski definition) is 3. The maximum Gasteiger partial charge on any atom is 0.315 e. The van der Waals surface area contributed by atoms with E-state index in [4.69, 9.17) is 4.74 Å². The monoisotopic (exact) mass is 353 g/mol. The molecule has 1 aliphatic rings. The average Bonchev–Trinajstić information content (AvgIpc) is 3.44. The minimum Gasteiger partial charge on any atom is -0.455 e. The number of nitrogens with one attached hydrogen (secondary N) is 2. The second-order valence-electron chi connectivity index (χ2n) is 6.23. The standard InChI is InChI=1S/C20H23N3O3/c1-15(24)23(14-13-21-20(25)22-16-11-12-16)18-9-5-6-10-19(18)26-17-7-3-2-4-8-17/h2-10,16H,11-14H2,1H3,(H2,21,22,25). The van der Waals surface area contributed by atoms with E-state index in [0.29, 0.717) is 36.3 Å². The molecule has 0 saturated heterocycles. The van der Waals surface area contributed by atoms with Crippen LogP contribution in [0.25, 0.3) is 0 Å². The molecule has 0 radical (unpaired) electrons. The van der Waals surface area contributed by atoms with Crippen molar-refractivity contribution in [3.8, 4) is 11.5 Å². The lowest BCUT2D eigenvalue weighted by atomic mass is 10.2. The summed E-state index contributed by atoms with van der Waals surface area (Å²) in [5.41, 5.74) is 0.674. The molecule has 2 aromatic carbocycles. The van der Waals surface area contributed by atoms with Crippen molar-refractivity contribution in [3.63, 3.8) is 0 Å². The van der Waals surface area contributed by atoms with Gasteiger partial charge in [-0.2, -0.15) is 0 Å². The molecule has 0 unspecified atom stereocenters. The van der Waals surface area contributed by atoms with Crippen molar-refractivity contribution in [2.24, 2.45) is 0 Å². The summed E-state index contributed by atoms with van der Waals surface area (Å²) in [7, 11) is 0. The molecule has 0 aliphatic heterocycles. The maximum atomic E-state index is 12.2. The maximum absolute atomic E-state index is 12.2. The van der Waals surface area contributed by atoms with Gasteiger partial charge < -0.3 is 20.3 Å². The van der Waals surface area contributed by atoms with Gasteiger partial charge in [0.15, 0.2) is 5.75 Å². The van der Waals surface area contributed by atoms with Gasteiger partial charge in [0.1, 0.15) is 5.75 Å². The third kappa shape index (κ3) is 4.99. The molecule has 26 heavy (non-hydrogen) atoms. The number of hydrogen-bond donors (Lipinski definition) is 2. The van der Waals surface area contributed by atoms with Crippen LogP contribution < -0.4 is 20.3 Å². The fourth-order valence-corrected chi connectivity index (χ4v) is 2.57. The van der Waals surface area contributed by atoms with Crippen LogP contribution in [0, 0.1) is 0 Å². The summed E-state index contributed by atoms with van der Waals surface area (Å²) in [6.45, 7) is 2.23. The fraction of sp³-hybridized carbons (Fsp3) is 0.300. The number of para-hydroxylation sites is 3. The van der Waals surface area contributed by atoms with E-state index in [1.54, 1.807) is 4.90 Å². The molecular formula is C20H23N3O3. The Hall–Kier alpha value is -3.02. The summed E-state index contributed by atoms with van der Waals surface area (Å²) in [4.78, 5) is 25.5. The van der Waals surface area contributed by atoms with Gasteiger partial charge in [0.2, 0.25) is 5.91 Å². The molecule has 0 heterocycles. The molecule has 1 saturated carbocycles. The highest BCUT2D eigenvalue weighted by molar-refractivity contribution is 5.93. The largest absolute Gasteiger partial charge is 0.455 e. The van der Waals surface area contributed by atoms with Gasteiger partial charge in [0.25, 0.3) is 0 Å². The Bertz CT molecular complexity index is 760. The highest BCUT2D eigenvalue weighted by atomic mass is 16.5. The molecule has 3 amide bonds. The van der Waals surface area contributed by atoms with Crippen LogP contribution in [0.4, 0.5) is 10.5 Å². The molecule has 136 valence electrons. The van der Waals surface area contributed by atoms with E-state index >= 15 is 0 Å². The van der Waals surface area contributed by atoms with E-state index in [2.05, 4.69) is 10.6 Å². The molecule has 2 aromatic rings. The first-order chi connectivity index (χ1) is 12.6. The molecule has 0 atom stereocenters. The number of carbonyl (C=O) groups is 2. The van der Waals surface area contributed by atoms with Gasteiger partial charge >= 0.3 is 6.03 Å². The summed E-state index contributed by atoms with van der Waals surface area (Å²) < 4.78 is 5.94. The fourth-order valence-electron chi connectivity index (χ4n) is 2.57. The van der Waals surface area contributed by atoms with Crippen LogP contribution >= 0.6 is 0 Å². The highest BCUT2D eigenvalue weighted by Gasteiger charge is 2.23. The third-order valence-electron chi connectivity index (χ3n) is 4.04. The van der Waals surface area contributed by atoms with Gasteiger partial charge in [-0.1, -0.05) is 30.3 Å². The van der Waals surface area contributed by atoms with Crippen molar-refractivity contribution in [2.75, 3.05) is 18.0 Å². The van der Waals surface area contributed by atoms with Crippen LogP contribution in [0.3, 0.4) is 0 Å². The van der Waals surface area contributed by atoms with Gasteiger partial charge in [-0.15, -0.1) is 0 Å². The number of amides is 3. The summed E-state index contributed by atoms with van der Waals surface area (Å²) in [6, 6.07) is 16.9. The van der Waals surface area contributed by atoms with E-state index in [1.165, 1.54) is 6.92 Å². The van der Waals surface area contributed by atoms with Gasteiger partial charge in [-0.25, -0.2) is 4.79 Å². The Morgan fingerprint density at radius 1 is 1.08 bits per heavy atom. The smallest absolute Gasteiger partial charge is 0.315 e. The molecule has 0 aromatic heterocycles. The van der Waals surface area contributed by atoms with Crippen molar-refractivity contribution in [1.29, 1.82) is 0 Å². The van der Waals surface area contributed by atoms with Gasteiger partial charge in [0.05, 0.1) is 5.69 Å². The molecule has 1 aliphatic carbocycles. The lowest BCUT2D eigenvalue weighted by Crippen LogP contribution is -2.42. The number of anilines is 1. The Kier molecular flexibility index (Phi) is 5.73. The van der Waals surface area contributed by atoms with Crippen LogP contribution in [-0.4, -0.2) is 31.1 Å². The lowest BCUT2D eigenvalue weighted by molar-refractivity contribution is -0.116. The second-order valence-corrected chi connectivity index (χ2v) is 6.23. The topological polar surface area (TPSA) is 70.7 Å². The Morgan fingerprint density at radius 2 is 1.77 bits per heavy atom. The summed E-state index contributed by atoms with van der Waals surface area (Å²) in [5, 5.41) is 5.66. The minimum absolute atomic E-state index is 0.112. The van der Waals surface area contributed by atoms with Crippen LogP contribution in [0.15, 0.2) is 54.6 Å². The van der Waals surface area contributed by atoms with Gasteiger partial charge in [0, 0.05) is 26.1 Å². The number of rotatable bonds is 7. The minimum atomic E-state index is -0.190. The normalized spacial score (nSPS) is 13.0. The van der Waals surface area contributed by atoms with E-state index in [1.807, 2.05) is 54.6 Å². The van der Waals surface area contributed by atoms with Crippen molar-refractivity contribution in [2.45, 2.75) is 25.8 Å². The van der Waals surface area contributed by atoms with E-state index in [0.717, 1.165) is 12.8 Å². The highest BCUT2D eigenvalue weighted by Crippen LogP contribution is 2.32. The van der Waals surface area contributed by atoms with Gasteiger partial charge in [-0.3, -0.25) is 4.79 Å². The van der Waals surface area contributed by atoms with Crippen molar-refractivity contribution in [1.82, 2.24) is 10.6 Å².